The van der Waals surface area contributed by atoms with Crippen molar-refractivity contribution in [1.82, 2.24) is 0 Å². The van der Waals surface area contributed by atoms with Crippen LogP contribution >= 0.6 is 8.60 Å². The lowest BCUT2D eigenvalue weighted by Crippen LogP contribution is -2.02. The molecule has 0 saturated heterocycles. The molecule has 0 spiro atoms. The predicted octanol–water partition coefficient (Wildman–Crippen LogP) is 8.29. The molecule has 0 N–H and O–H groups in total. The quantitative estimate of drug-likeness (QED) is 0.0991. The summed E-state index contributed by atoms with van der Waals surface area (Å²) in [7, 11) is -1.47. The summed E-state index contributed by atoms with van der Waals surface area (Å²) in [5.74, 6) is 0.671. The van der Waals surface area contributed by atoms with Gasteiger partial charge in [0, 0.05) is 0 Å². The zero-order valence-corrected chi connectivity index (χ0v) is 19.2. The van der Waals surface area contributed by atoms with E-state index in [9.17, 15) is 0 Å². The molecule has 1 aromatic carbocycles. The highest BCUT2D eigenvalue weighted by atomic mass is 31.2. The summed E-state index contributed by atoms with van der Waals surface area (Å²) in [4.78, 5) is 5.42. The van der Waals surface area contributed by atoms with E-state index in [1.54, 1.807) is 0 Å². The maximum absolute atomic E-state index is 5.83. The zero-order chi connectivity index (χ0) is 20.3. The Morgan fingerprint density at radius 3 is 1.61 bits per heavy atom. The summed E-state index contributed by atoms with van der Waals surface area (Å²) in [5.41, 5.74) is 1.19. The van der Waals surface area contributed by atoms with Crippen LogP contribution in [-0.4, -0.2) is 13.2 Å². The monoisotopic (exact) mass is 412 g/mol. The fourth-order valence-corrected chi connectivity index (χ4v) is 3.65. The second kappa shape index (κ2) is 18.4. The molecule has 0 heterocycles. The molecule has 28 heavy (non-hydrogen) atoms. The molecule has 0 amide bonds. The Kier molecular flexibility index (Phi) is 16.6. The molecule has 4 nitrogen and oxygen atoms in total. The molecule has 0 aliphatic rings. The minimum Gasteiger partial charge on any atom is -0.329 e. The van der Waals surface area contributed by atoms with Crippen molar-refractivity contribution < 1.29 is 18.6 Å². The highest BCUT2D eigenvalue weighted by molar-refractivity contribution is 7.41. The maximum Gasteiger partial charge on any atom is 0.375 e. The van der Waals surface area contributed by atoms with Gasteiger partial charge in [0.1, 0.15) is 0 Å². The molecule has 0 aromatic heterocycles. The second-order valence-electron chi connectivity index (χ2n) is 7.40. The van der Waals surface area contributed by atoms with Crippen LogP contribution in [0.4, 0.5) is 0 Å². The topological polar surface area (TPSA) is 36.9 Å². The fraction of sp³-hybridized carbons (Fsp3) is 0.739. The Morgan fingerprint density at radius 2 is 1.11 bits per heavy atom. The molecule has 0 saturated carbocycles. The predicted molar refractivity (Wildman–Crippen MR) is 118 cm³/mol. The lowest BCUT2D eigenvalue weighted by Gasteiger charge is -2.16. The first-order chi connectivity index (χ1) is 13.8. The van der Waals surface area contributed by atoms with Gasteiger partial charge in [-0.15, -0.1) is 4.67 Å². The molecule has 0 atom stereocenters. The van der Waals surface area contributed by atoms with Gasteiger partial charge in [0.2, 0.25) is 0 Å². The van der Waals surface area contributed by atoms with E-state index in [1.165, 1.54) is 69.8 Å². The maximum atomic E-state index is 5.83. The van der Waals surface area contributed by atoms with Gasteiger partial charge in [0.05, 0.1) is 13.2 Å². The number of hydrogen-bond donors (Lipinski definition) is 0. The molecule has 0 aliphatic carbocycles. The smallest absolute Gasteiger partial charge is 0.329 e. The first-order valence-corrected chi connectivity index (χ1v) is 12.3. The van der Waals surface area contributed by atoms with E-state index < -0.39 is 8.60 Å². The third kappa shape index (κ3) is 14.3. The molecule has 0 fully saturated rings. The lowest BCUT2D eigenvalue weighted by molar-refractivity contribution is -0.118. The molecule has 162 valence electrons. The van der Waals surface area contributed by atoms with Crippen molar-refractivity contribution in [3.8, 4) is 5.75 Å². The minimum absolute atomic E-state index is 0.658. The van der Waals surface area contributed by atoms with E-state index in [1.807, 2.05) is 31.2 Å². The summed E-state index contributed by atoms with van der Waals surface area (Å²) in [5, 5.41) is 0. The molecular formula is C23H41O4P. The Labute approximate surface area is 174 Å². The van der Waals surface area contributed by atoms with E-state index in [2.05, 4.69) is 13.8 Å². The van der Waals surface area contributed by atoms with Gasteiger partial charge >= 0.3 is 8.60 Å². The van der Waals surface area contributed by atoms with Crippen LogP contribution in [0.2, 0.25) is 0 Å². The molecule has 0 radical (unpaired) electrons. The van der Waals surface area contributed by atoms with Gasteiger partial charge in [-0.25, -0.2) is 0 Å². The van der Waals surface area contributed by atoms with Crippen molar-refractivity contribution in [2.45, 2.75) is 97.8 Å². The highest BCUT2D eigenvalue weighted by Crippen LogP contribution is 2.40. The van der Waals surface area contributed by atoms with Gasteiger partial charge in [-0.3, -0.25) is 0 Å². The first-order valence-electron chi connectivity index (χ1n) is 11.2. The van der Waals surface area contributed by atoms with Crippen molar-refractivity contribution in [2.24, 2.45) is 0 Å². The molecule has 0 unspecified atom stereocenters. The number of hydrogen-bond acceptors (Lipinski definition) is 4. The minimum atomic E-state index is -1.47. The Bertz CT molecular complexity index is 434. The second-order valence-corrected chi connectivity index (χ2v) is 8.51. The molecule has 1 aromatic rings. The summed E-state index contributed by atoms with van der Waals surface area (Å²) in [6.45, 7) is 7.84. The summed E-state index contributed by atoms with van der Waals surface area (Å²) in [6.07, 6.45) is 14.8. The van der Waals surface area contributed by atoms with Gasteiger partial charge in [-0.05, 0) is 31.9 Å². The molecule has 1 rings (SSSR count). The van der Waals surface area contributed by atoms with Gasteiger partial charge in [0.25, 0.3) is 0 Å². The van der Waals surface area contributed by atoms with Gasteiger partial charge < -0.3 is 13.9 Å². The van der Waals surface area contributed by atoms with Crippen LogP contribution < -0.4 is 4.89 Å². The molecule has 0 aliphatic heterocycles. The van der Waals surface area contributed by atoms with Crippen LogP contribution in [0.5, 0.6) is 5.75 Å². The zero-order valence-electron chi connectivity index (χ0n) is 18.3. The molecule has 5 heteroatoms. The standard InChI is InChI=1S/C23H41O4P/c1-4-6-8-10-12-14-20-24-28(25-21-15-13-11-9-7-5-2)27-26-23-18-16-22(3)17-19-23/h16-19H,4-15,20-21H2,1-3H3. The van der Waals surface area contributed by atoms with E-state index in [4.69, 9.17) is 18.6 Å². The van der Waals surface area contributed by atoms with E-state index >= 15 is 0 Å². The van der Waals surface area contributed by atoms with Crippen molar-refractivity contribution in [2.75, 3.05) is 13.2 Å². The van der Waals surface area contributed by atoms with Crippen molar-refractivity contribution in [3.05, 3.63) is 29.8 Å². The largest absolute Gasteiger partial charge is 0.375 e. The van der Waals surface area contributed by atoms with Crippen LogP contribution in [-0.2, 0) is 13.7 Å². The Balaban J connectivity index is 2.24. The van der Waals surface area contributed by atoms with Gasteiger partial charge in [-0.1, -0.05) is 95.8 Å². The molecular weight excluding hydrogens is 371 g/mol. The van der Waals surface area contributed by atoms with Crippen LogP contribution in [0.1, 0.15) is 96.5 Å². The third-order valence-corrected chi connectivity index (χ3v) is 5.59. The highest BCUT2D eigenvalue weighted by Gasteiger charge is 2.15. The number of unbranched alkanes of at least 4 members (excludes halogenated alkanes) is 10. The normalized spacial score (nSPS) is 11.3. The van der Waals surface area contributed by atoms with Crippen molar-refractivity contribution in [1.29, 1.82) is 0 Å². The number of aryl methyl sites for hydroxylation is 1. The number of benzene rings is 1. The molecule has 0 bridgehead atoms. The van der Waals surface area contributed by atoms with Crippen molar-refractivity contribution >= 4 is 8.60 Å². The van der Waals surface area contributed by atoms with Crippen LogP contribution in [0, 0.1) is 6.92 Å². The van der Waals surface area contributed by atoms with Crippen LogP contribution in [0.3, 0.4) is 0 Å². The SMILES string of the molecule is CCCCCCCCOP(OCCCCCCCC)OOc1ccc(C)cc1. The van der Waals surface area contributed by atoms with Gasteiger partial charge in [-0.2, -0.15) is 0 Å². The Morgan fingerprint density at radius 1 is 0.643 bits per heavy atom. The fourth-order valence-electron chi connectivity index (χ4n) is 2.79. The average molecular weight is 413 g/mol. The number of rotatable bonds is 19. The van der Waals surface area contributed by atoms with E-state index in [0.29, 0.717) is 19.0 Å². The van der Waals surface area contributed by atoms with Crippen LogP contribution in [0.25, 0.3) is 0 Å². The third-order valence-electron chi connectivity index (χ3n) is 4.60. The Hall–Kier alpha value is -0.670. The van der Waals surface area contributed by atoms with Crippen molar-refractivity contribution in [3.63, 3.8) is 0 Å². The average Bonchev–Trinajstić information content (AvgIpc) is 2.71. The van der Waals surface area contributed by atoms with E-state index in [0.717, 1.165) is 12.8 Å². The summed E-state index contributed by atoms with van der Waals surface area (Å²) < 4.78 is 17.1. The van der Waals surface area contributed by atoms with Gasteiger partial charge in [0.15, 0.2) is 5.75 Å². The lowest BCUT2D eigenvalue weighted by atomic mass is 10.1. The van der Waals surface area contributed by atoms with E-state index in [-0.39, 0.29) is 0 Å². The summed E-state index contributed by atoms with van der Waals surface area (Å²) in [6, 6.07) is 7.78. The first kappa shape index (κ1) is 25.4. The van der Waals surface area contributed by atoms with Crippen LogP contribution in [0.15, 0.2) is 24.3 Å². The summed E-state index contributed by atoms with van der Waals surface area (Å²) >= 11 is 0.